The fourth-order valence-corrected chi connectivity index (χ4v) is 1.02. The third kappa shape index (κ3) is 5.52. The molecule has 0 aromatic heterocycles. The predicted octanol–water partition coefficient (Wildman–Crippen LogP) is 1.06. The Morgan fingerprint density at radius 3 is 2.08 bits per heavy atom. The molecule has 12 heavy (non-hydrogen) atoms. The van der Waals surface area contributed by atoms with E-state index in [2.05, 4.69) is 0 Å². The molecule has 0 rings (SSSR count). The lowest BCUT2D eigenvalue weighted by molar-refractivity contribution is 0.0572. The van der Waals surface area contributed by atoms with Crippen molar-refractivity contribution in [2.75, 3.05) is 27.4 Å². The normalized spacial score (nSPS) is 16.0. The van der Waals surface area contributed by atoms with Crippen LogP contribution in [-0.2, 0) is 9.47 Å². The minimum Gasteiger partial charge on any atom is -0.393 e. The van der Waals surface area contributed by atoms with Gasteiger partial charge in [0.2, 0.25) is 0 Å². The number of hydrogen-bond acceptors (Lipinski definition) is 3. The summed E-state index contributed by atoms with van der Waals surface area (Å²) in [6, 6.07) is 0. The first-order valence-corrected chi connectivity index (χ1v) is 4.38. The van der Waals surface area contributed by atoms with Crippen molar-refractivity contribution >= 4 is 0 Å². The van der Waals surface area contributed by atoms with Crippen LogP contribution in [0.3, 0.4) is 0 Å². The highest BCUT2D eigenvalue weighted by atomic mass is 16.5. The summed E-state index contributed by atoms with van der Waals surface area (Å²) in [5.41, 5.74) is 0. The van der Waals surface area contributed by atoms with Gasteiger partial charge in [0, 0.05) is 27.4 Å². The second-order valence-electron chi connectivity index (χ2n) is 3.11. The summed E-state index contributed by atoms with van der Waals surface area (Å²) in [6.07, 6.45) is 1.35. The number of methoxy groups -OCH3 is 2. The van der Waals surface area contributed by atoms with Crippen LogP contribution >= 0.6 is 0 Å². The largest absolute Gasteiger partial charge is 0.393 e. The molecule has 0 amide bonds. The van der Waals surface area contributed by atoms with Crippen LogP contribution in [0.15, 0.2) is 0 Å². The van der Waals surface area contributed by atoms with E-state index < -0.39 is 0 Å². The highest BCUT2D eigenvalue weighted by molar-refractivity contribution is 4.63. The van der Waals surface area contributed by atoms with Crippen LogP contribution in [0.2, 0.25) is 0 Å². The summed E-state index contributed by atoms with van der Waals surface area (Å²) in [4.78, 5) is 0. The summed E-state index contributed by atoms with van der Waals surface area (Å²) < 4.78 is 9.80. The van der Waals surface area contributed by atoms with Gasteiger partial charge in [-0.3, -0.25) is 0 Å². The van der Waals surface area contributed by atoms with Crippen LogP contribution in [0, 0.1) is 5.92 Å². The summed E-state index contributed by atoms with van der Waals surface area (Å²) in [5, 5.41) is 9.54. The van der Waals surface area contributed by atoms with Crippen molar-refractivity contribution in [2.45, 2.75) is 25.9 Å². The second kappa shape index (κ2) is 7.53. The Kier molecular flexibility index (Phi) is 7.45. The van der Waals surface area contributed by atoms with Crippen LogP contribution < -0.4 is 0 Å². The van der Waals surface area contributed by atoms with Crippen LogP contribution in [0.1, 0.15) is 19.8 Å². The average molecular weight is 176 g/mol. The van der Waals surface area contributed by atoms with Gasteiger partial charge >= 0.3 is 0 Å². The topological polar surface area (TPSA) is 38.7 Å². The molecule has 0 saturated heterocycles. The molecule has 0 fully saturated rings. The van der Waals surface area contributed by atoms with Crippen LogP contribution in [0.25, 0.3) is 0 Å². The SMILES string of the molecule is COCCC(C)C(O)CCOC. The van der Waals surface area contributed by atoms with Crippen molar-refractivity contribution in [3.63, 3.8) is 0 Å². The van der Waals surface area contributed by atoms with Crippen molar-refractivity contribution < 1.29 is 14.6 Å². The van der Waals surface area contributed by atoms with Crippen LogP contribution in [0.5, 0.6) is 0 Å². The van der Waals surface area contributed by atoms with Gasteiger partial charge in [-0.15, -0.1) is 0 Å². The predicted molar refractivity (Wildman–Crippen MR) is 48.2 cm³/mol. The zero-order valence-corrected chi connectivity index (χ0v) is 8.25. The molecule has 0 aliphatic heterocycles. The molecule has 0 radical (unpaired) electrons. The minimum atomic E-state index is -0.264. The molecule has 0 aromatic rings. The molecule has 0 bridgehead atoms. The van der Waals surface area contributed by atoms with E-state index in [1.54, 1.807) is 14.2 Å². The first-order valence-electron chi connectivity index (χ1n) is 4.38. The molecular weight excluding hydrogens is 156 g/mol. The van der Waals surface area contributed by atoms with E-state index in [0.29, 0.717) is 25.6 Å². The molecule has 3 nitrogen and oxygen atoms in total. The first kappa shape index (κ1) is 11.9. The maximum absolute atomic E-state index is 9.54. The Morgan fingerprint density at radius 2 is 1.58 bits per heavy atom. The van der Waals surface area contributed by atoms with Crippen molar-refractivity contribution in [3.8, 4) is 0 Å². The molecule has 74 valence electrons. The summed E-state index contributed by atoms with van der Waals surface area (Å²) in [5.74, 6) is 0.292. The molecule has 3 heteroatoms. The fourth-order valence-electron chi connectivity index (χ4n) is 1.02. The molecule has 0 aromatic carbocycles. The molecule has 0 aliphatic carbocycles. The zero-order valence-electron chi connectivity index (χ0n) is 8.25. The van der Waals surface area contributed by atoms with E-state index in [4.69, 9.17) is 9.47 Å². The van der Waals surface area contributed by atoms with Crippen molar-refractivity contribution in [1.82, 2.24) is 0 Å². The third-order valence-corrected chi connectivity index (χ3v) is 2.05. The third-order valence-electron chi connectivity index (χ3n) is 2.05. The van der Waals surface area contributed by atoms with Gasteiger partial charge in [0.1, 0.15) is 0 Å². The first-order chi connectivity index (χ1) is 5.72. The Morgan fingerprint density at radius 1 is 1.08 bits per heavy atom. The molecule has 1 N–H and O–H groups in total. The van der Waals surface area contributed by atoms with Gasteiger partial charge < -0.3 is 14.6 Å². The Bertz CT molecular complexity index is 83.8. The van der Waals surface area contributed by atoms with E-state index in [1.165, 1.54) is 0 Å². The van der Waals surface area contributed by atoms with Gasteiger partial charge in [-0.25, -0.2) is 0 Å². The van der Waals surface area contributed by atoms with Gasteiger partial charge in [0.15, 0.2) is 0 Å². The van der Waals surface area contributed by atoms with Gasteiger partial charge in [-0.2, -0.15) is 0 Å². The number of hydrogen-bond donors (Lipinski definition) is 1. The lowest BCUT2D eigenvalue weighted by atomic mass is 9.99. The van der Waals surface area contributed by atoms with E-state index in [0.717, 1.165) is 6.42 Å². The van der Waals surface area contributed by atoms with Gasteiger partial charge in [-0.05, 0) is 18.8 Å². The zero-order chi connectivity index (χ0) is 9.40. The molecule has 0 spiro atoms. The Hall–Kier alpha value is -0.120. The van der Waals surface area contributed by atoms with Crippen LogP contribution in [0.4, 0.5) is 0 Å². The fraction of sp³-hybridized carbons (Fsp3) is 1.00. The maximum Gasteiger partial charge on any atom is 0.0588 e. The molecule has 0 saturated carbocycles. The smallest absolute Gasteiger partial charge is 0.0588 e. The van der Waals surface area contributed by atoms with Crippen LogP contribution in [-0.4, -0.2) is 38.6 Å². The molecule has 0 heterocycles. The van der Waals surface area contributed by atoms with Crippen molar-refractivity contribution in [2.24, 2.45) is 5.92 Å². The quantitative estimate of drug-likeness (QED) is 0.630. The second-order valence-corrected chi connectivity index (χ2v) is 3.11. The van der Waals surface area contributed by atoms with Crippen molar-refractivity contribution in [3.05, 3.63) is 0 Å². The summed E-state index contributed by atoms with van der Waals surface area (Å²) in [6.45, 7) is 3.36. The molecule has 2 unspecified atom stereocenters. The lowest BCUT2D eigenvalue weighted by Gasteiger charge is -2.17. The maximum atomic E-state index is 9.54. The summed E-state index contributed by atoms with van der Waals surface area (Å²) >= 11 is 0. The van der Waals surface area contributed by atoms with E-state index in [1.807, 2.05) is 6.92 Å². The number of rotatable bonds is 7. The number of aliphatic hydroxyl groups excluding tert-OH is 1. The van der Waals surface area contributed by atoms with Crippen molar-refractivity contribution in [1.29, 1.82) is 0 Å². The summed E-state index contributed by atoms with van der Waals surface area (Å²) in [7, 11) is 3.32. The van der Waals surface area contributed by atoms with E-state index in [-0.39, 0.29) is 6.10 Å². The number of ether oxygens (including phenoxy) is 2. The highest BCUT2D eigenvalue weighted by Crippen LogP contribution is 2.11. The molecule has 0 aliphatic rings. The van der Waals surface area contributed by atoms with E-state index >= 15 is 0 Å². The average Bonchev–Trinajstić information content (AvgIpc) is 2.10. The Labute approximate surface area is 74.7 Å². The molecule has 2 atom stereocenters. The number of aliphatic hydroxyl groups is 1. The standard InChI is InChI=1S/C9H20O3/c1-8(4-6-11-2)9(10)5-7-12-3/h8-10H,4-7H2,1-3H3. The lowest BCUT2D eigenvalue weighted by Crippen LogP contribution is -2.20. The van der Waals surface area contributed by atoms with Gasteiger partial charge in [0.25, 0.3) is 0 Å². The van der Waals surface area contributed by atoms with Gasteiger partial charge in [-0.1, -0.05) is 6.92 Å². The molecular formula is C9H20O3. The Balaban J connectivity index is 3.39. The van der Waals surface area contributed by atoms with Gasteiger partial charge in [0.05, 0.1) is 6.10 Å². The van der Waals surface area contributed by atoms with E-state index in [9.17, 15) is 5.11 Å². The monoisotopic (exact) mass is 176 g/mol. The highest BCUT2D eigenvalue weighted by Gasteiger charge is 2.12. The minimum absolute atomic E-state index is 0.264.